The molecule has 4 aliphatic carbocycles. The zero-order chi connectivity index (χ0) is 11.6. The fourth-order valence-electron chi connectivity index (χ4n) is 4.53. The Bertz CT molecular complexity index is 408. The summed E-state index contributed by atoms with van der Waals surface area (Å²) in [6, 6.07) is 0. The van der Waals surface area contributed by atoms with Gasteiger partial charge in [-0.3, -0.25) is 4.79 Å². The summed E-state index contributed by atoms with van der Waals surface area (Å²) < 4.78 is 0. The van der Waals surface area contributed by atoms with Gasteiger partial charge in [0.05, 0.1) is 0 Å². The molecule has 86 valence electrons. The monoisotopic (exact) mass is 219 g/mol. The van der Waals surface area contributed by atoms with E-state index in [-0.39, 0.29) is 17.2 Å². The number of rotatable bonds is 1. The third-order valence-electron chi connectivity index (χ3n) is 5.68. The Morgan fingerprint density at radius 3 is 2.81 bits per heavy atom. The normalized spacial score (nSPS) is 46.8. The number of carbonyl (C=O) groups is 1. The molecule has 0 saturated heterocycles. The van der Waals surface area contributed by atoms with Gasteiger partial charge in [-0.1, -0.05) is 13.8 Å². The average Bonchev–Trinajstić information content (AvgIpc) is 2.92. The lowest BCUT2D eigenvalue weighted by Crippen LogP contribution is -2.54. The lowest BCUT2D eigenvalue weighted by Gasteiger charge is -2.61. The summed E-state index contributed by atoms with van der Waals surface area (Å²) >= 11 is 0. The summed E-state index contributed by atoms with van der Waals surface area (Å²) in [5, 5.41) is 3.28. The molecule has 0 aromatic carbocycles. The number of nitrogens with zero attached hydrogens (tertiary/aromatic N) is 3. The van der Waals surface area contributed by atoms with Gasteiger partial charge in [0.25, 0.3) is 0 Å². The predicted molar refractivity (Wildman–Crippen MR) is 59.3 cm³/mol. The fraction of sp³-hybridized carbons (Fsp3) is 0.917. The third-order valence-corrected chi connectivity index (χ3v) is 5.68. The first-order chi connectivity index (χ1) is 7.52. The van der Waals surface area contributed by atoms with Crippen LogP contribution < -0.4 is 0 Å². The molecule has 4 heteroatoms. The van der Waals surface area contributed by atoms with Crippen molar-refractivity contribution in [3.8, 4) is 0 Å². The van der Waals surface area contributed by atoms with Crippen LogP contribution in [0.4, 0.5) is 0 Å². The van der Waals surface area contributed by atoms with E-state index in [4.69, 9.17) is 5.53 Å². The van der Waals surface area contributed by atoms with E-state index in [1.165, 1.54) is 19.3 Å². The van der Waals surface area contributed by atoms with Gasteiger partial charge in [-0.15, -0.1) is 0 Å². The molecule has 4 nitrogen and oxygen atoms in total. The molecule has 4 atom stereocenters. The zero-order valence-electron chi connectivity index (χ0n) is 9.81. The Labute approximate surface area is 95.0 Å². The van der Waals surface area contributed by atoms with Crippen LogP contribution in [-0.4, -0.2) is 5.91 Å². The number of azide groups is 1. The summed E-state index contributed by atoms with van der Waals surface area (Å²) in [5.74, 6) is 1.36. The molecular formula is C12H17N3O. The maximum Gasteiger partial charge on any atom is 0.222 e. The van der Waals surface area contributed by atoms with Crippen molar-refractivity contribution in [2.24, 2.45) is 33.7 Å². The smallest absolute Gasteiger partial charge is 0.222 e. The van der Waals surface area contributed by atoms with Crippen LogP contribution in [0.25, 0.3) is 10.4 Å². The van der Waals surface area contributed by atoms with Crippen molar-refractivity contribution in [3.63, 3.8) is 0 Å². The molecule has 4 saturated carbocycles. The van der Waals surface area contributed by atoms with E-state index in [1.54, 1.807) is 0 Å². The lowest BCUT2D eigenvalue weighted by atomic mass is 9.44. The van der Waals surface area contributed by atoms with Gasteiger partial charge >= 0.3 is 0 Å². The van der Waals surface area contributed by atoms with E-state index in [0.29, 0.717) is 11.3 Å². The highest BCUT2D eigenvalue weighted by Crippen LogP contribution is 2.76. The van der Waals surface area contributed by atoms with Crippen molar-refractivity contribution < 1.29 is 4.79 Å². The maximum atomic E-state index is 11.6. The molecule has 4 rings (SSSR count). The van der Waals surface area contributed by atoms with Crippen LogP contribution in [0.3, 0.4) is 0 Å². The minimum atomic E-state index is -0.219. The molecule has 4 fully saturated rings. The largest absolute Gasteiger partial charge is 0.292 e. The van der Waals surface area contributed by atoms with E-state index < -0.39 is 0 Å². The molecule has 0 aromatic heterocycles. The van der Waals surface area contributed by atoms with Crippen molar-refractivity contribution in [2.45, 2.75) is 39.5 Å². The van der Waals surface area contributed by atoms with E-state index in [9.17, 15) is 4.79 Å². The summed E-state index contributed by atoms with van der Waals surface area (Å²) in [5.41, 5.74) is 8.93. The molecule has 2 bridgehead atoms. The van der Waals surface area contributed by atoms with Gasteiger partial charge in [-0.2, -0.15) is 0 Å². The van der Waals surface area contributed by atoms with Crippen LogP contribution in [-0.2, 0) is 4.79 Å². The second-order valence-electron chi connectivity index (χ2n) is 6.36. The highest BCUT2D eigenvalue weighted by atomic mass is 16.2. The number of fused-ring (bicyclic) bond motifs is 1. The van der Waals surface area contributed by atoms with Gasteiger partial charge in [0, 0.05) is 10.8 Å². The molecule has 0 heterocycles. The third kappa shape index (κ3) is 1.01. The highest BCUT2D eigenvalue weighted by molar-refractivity contribution is 5.83. The van der Waals surface area contributed by atoms with E-state index in [0.717, 1.165) is 12.3 Å². The summed E-state index contributed by atoms with van der Waals surface area (Å²) in [6.45, 7) is 4.67. The van der Waals surface area contributed by atoms with E-state index >= 15 is 0 Å². The topological polar surface area (TPSA) is 65.8 Å². The van der Waals surface area contributed by atoms with Gasteiger partial charge in [-0.05, 0) is 59.0 Å². The van der Waals surface area contributed by atoms with Gasteiger partial charge in [0.15, 0.2) is 0 Å². The Balaban J connectivity index is 1.82. The van der Waals surface area contributed by atoms with Gasteiger partial charge in [0.1, 0.15) is 0 Å². The highest BCUT2D eigenvalue weighted by Gasteiger charge is 2.71. The average molecular weight is 219 g/mol. The predicted octanol–water partition coefficient (Wildman–Crippen LogP) is 3.29. The second kappa shape index (κ2) is 2.80. The summed E-state index contributed by atoms with van der Waals surface area (Å²) in [4.78, 5) is 14.3. The minimum Gasteiger partial charge on any atom is -0.292 e. The molecular weight excluding hydrogens is 202 g/mol. The van der Waals surface area contributed by atoms with Crippen LogP contribution in [0, 0.1) is 28.6 Å². The summed E-state index contributed by atoms with van der Waals surface area (Å²) in [6.07, 6.45) is 4.67. The number of amides is 1. The Hall–Kier alpha value is -1.02. The van der Waals surface area contributed by atoms with Crippen LogP contribution in [0.5, 0.6) is 0 Å². The molecule has 0 N–H and O–H groups in total. The van der Waals surface area contributed by atoms with Crippen molar-refractivity contribution in [1.82, 2.24) is 0 Å². The molecule has 4 aliphatic rings. The quantitative estimate of drug-likeness (QED) is 0.379. The molecule has 2 unspecified atom stereocenters. The standard InChI is InChI=1S/C12H17N3O/c1-11(2)7-3-4-12(9(11)5-7)6-8(12)10(16)14-15-13/h7-9H,3-6H2,1-2H3/t7-,8?,9+,12?/m1/s1. The van der Waals surface area contributed by atoms with Crippen molar-refractivity contribution in [3.05, 3.63) is 10.4 Å². The van der Waals surface area contributed by atoms with Crippen molar-refractivity contribution in [1.29, 1.82) is 0 Å². The lowest BCUT2D eigenvalue weighted by molar-refractivity contribution is -0.134. The van der Waals surface area contributed by atoms with Crippen molar-refractivity contribution >= 4 is 5.91 Å². The van der Waals surface area contributed by atoms with Gasteiger partial charge in [0.2, 0.25) is 5.91 Å². The molecule has 0 radical (unpaired) electrons. The molecule has 1 spiro atoms. The fourth-order valence-corrected chi connectivity index (χ4v) is 4.53. The Morgan fingerprint density at radius 1 is 1.50 bits per heavy atom. The summed E-state index contributed by atoms with van der Waals surface area (Å²) in [7, 11) is 0. The van der Waals surface area contributed by atoms with Crippen LogP contribution in [0.1, 0.15) is 39.5 Å². The zero-order valence-corrected chi connectivity index (χ0v) is 9.81. The van der Waals surface area contributed by atoms with E-state index in [1.807, 2.05) is 0 Å². The Morgan fingerprint density at radius 2 is 2.25 bits per heavy atom. The number of hydrogen-bond donors (Lipinski definition) is 0. The number of hydrogen-bond acceptors (Lipinski definition) is 1. The van der Waals surface area contributed by atoms with Crippen LogP contribution >= 0.6 is 0 Å². The second-order valence-corrected chi connectivity index (χ2v) is 6.36. The Kier molecular flexibility index (Phi) is 1.78. The van der Waals surface area contributed by atoms with Crippen LogP contribution in [0.2, 0.25) is 0 Å². The van der Waals surface area contributed by atoms with Crippen molar-refractivity contribution in [2.75, 3.05) is 0 Å². The first kappa shape index (κ1) is 10.2. The van der Waals surface area contributed by atoms with Gasteiger partial charge < -0.3 is 0 Å². The first-order valence-electron chi connectivity index (χ1n) is 6.11. The molecule has 16 heavy (non-hydrogen) atoms. The van der Waals surface area contributed by atoms with Crippen LogP contribution in [0.15, 0.2) is 5.11 Å². The van der Waals surface area contributed by atoms with E-state index in [2.05, 4.69) is 23.9 Å². The minimum absolute atomic E-state index is 0.0360. The SMILES string of the molecule is CC1(C)[C@@H]2CCC3(CC3C(=O)N=[N+]=[N-])[C@H]1C2. The maximum absolute atomic E-state index is 11.6. The molecule has 0 aromatic rings. The van der Waals surface area contributed by atoms with Gasteiger partial charge in [-0.25, -0.2) is 0 Å². The molecule has 0 aliphatic heterocycles. The first-order valence-corrected chi connectivity index (χ1v) is 6.11. The molecule has 1 amide bonds. The number of carbonyl (C=O) groups excluding carboxylic acids is 1.